The van der Waals surface area contributed by atoms with Crippen molar-refractivity contribution in [2.75, 3.05) is 64.5 Å². The topological polar surface area (TPSA) is 357 Å². The van der Waals surface area contributed by atoms with Crippen LogP contribution in [0.5, 0.6) is 0 Å². The zero-order valence-electron chi connectivity index (χ0n) is 75.5. The average Bonchev–Trinajstić information content (AvgIpc) is 0.822. The third kappa shape index (κ3) is 47.3. The summed E-state index contributed by atoms with van der Waals surface area (Å²) in [5.41, 5.74) is 9.17. The van der Waals surface area contributed by atoms with E-state index in [1.807, 2.05) is 135 Å². The highest BCUT2D eigenvalue weighted by molar-refractivity contribution is 7.97. The van der Waals surface area contributed by atoms with Crippen LogP contribution in [0.1, 0.15) is 95.0 Å². The van der Waals surface area contributed by atoms with Gasteiger partial charge in [0.15, 0.2) is 54.7 Å². The molecular formula is C99H124Cl2N4O20P2S5. The van der Waals surface area contributed by atoms with E-state index in [-0.39, 0.29) is 65.2 Å². The van der Waals surface area contributed by atoms with Gasteiger partial charge in [0.05, 0.1) is 64.1 Å². The minimum absolute atomic E-state index is 0. The molecule has 3 amide bonds. The number of halogens is 2. The number of allylic oxidation sites excluding steroid dienone is 1. The number of hydrogen-bond donors (Lipinski definition) is 3. The number of urea groups is 1. The quantitative estimate of drug-likeness (QED) is 0.0238. The van der Waals surface area contributed by atoms with Crippen molar-refractivity contribution < 1.29 is 107 Å². The number of aryl methyl sites for hydroxylation is 4. The van der Waals surface area contributed by atoms with Crippen molar-refractivity contribution in [2.24, 2.45) is 11.8 Å². The van der Waals surface area contributed by atoms with Gasteiger partial charge in [-0.2, -0.15) is 0 Å². The van der Waals surface area contributed by atoms with Gasteiger partial charge in [-0.05, 0) is 173 Å². The fourth-order valence-corrected chi connectivity index (χ4v) is 21.6. The van der Waals surface area contributed by atoms with E-state index in [0.717, 1.165) is 61.3 Å². The first-order valence-corrected chi connectivity index (χ1v) is 55.3. The van der Waals surface area contributed by atoms with Crippen LogP contribution in [0.3, 0.4) is 0 Å². The summed E-state index contributed by atoms with van der Waals surface area (Å²) in [6.45, 7) is 10.2. The SMILES string of the molecule is CC(/C=C/S(=O)(=O)c1ccccc1)CCc1ccccc1.CC(C=O)CCc1ccccc1.CCOP(=O)(CS(=O)(=O)c1ccccc1)OCC.CCOP(=O)(Cl)OCC.CS(=O)(=O)c1ccccc1.O=C(NC(/C=C/S(=O)(=O)c1ccccc1)CCc1ccccc1)[C@H](Cc1ccccc1)NC(=O)N1CCOCC1.[Cl-].[NH3+]C(/C=C/S(=O)(=O)c1ccccc1)CCc1ccccc1. The maximum atomic E-state index is 13.6. The summed E-state index contributed by atoms with van der Waals surface area (Å²) in [7, 11) is -20.6. The summed E-state index contributed by atoms with van der Waals surface area (Å²) in [6.07, 6.45) is 14.2. The number of rotatable bonds is 39. The summed E-state index contributed by atoms with van der Waals surface area (Å²) >= 11 is 5.25. The molecule has 714 valence electrons. The van der Waals surface area contributed by atoms with Gasteiger partial charge in [-0.1, -0.05) is 269 Å². The predicted molar refractivity (Wildman–Crippen MR) is 521 cm³/mol. The van der Waals surface area contributed by atoms with Crippen LogP contribution in [-0.4, -0.2) is 148 Å². The smallest absolute Gasteiger partial charge is 0.424 e. The molecule has 24 nitrogen and oxygen atoms in total. The van der Waals surface area contributed by atoms with Crippen molar-refractivity contribution >= 4 is 93.2 Å². The molecule has 0 saturated carbocycles. The minimum Gasteiger partial charge on any atom is -1.00 e. The number of hydrogen-bond acceptors (Lipinski definition) is 20. The molecule has 5 N–H and O–H groups in total. The van der Waals surface area contributed by atoms with Crippen LogP contribution >= 0.6 is 25.8 Å². The molecule has 0 radical (unpaired) electrons. The molecule has 10 aromatic carbocycles. The molecule has 1 fully saturated rings. The number of quaternary nitrogens is 1. The van der Waals surface area contributed by atoms with Crippen LogP contribution in [0.25, 0.3) is 0 Å². The van der Waals surface area contributed by atoms with Crippen LogP contribution < -0.4 is 28.8 Å². The summed E-state index contributed by atoms with van der Waals surface area (Å²) in [5.74, 6) is 0.0270. The van der Waals surface area contributed by atoms with E-state index in [4.69, 9.17) is 25.0 Å². The monoisotopic (exact) mass is 1980 g/mol. The Hall–Kier alpha value is -9.62. The van der Waals surface area contributed by atoms with Gasteiger partial charge >= 0.3 is 20.6 Å². The fraction of sp³-hybridized carbons (Fsp3) is 0.303. The minimum atomic E-state index is -3.70. The zero-order valence-corrected chi connectivity index (χ0v) is 82.9. The molecule has 10 aromatic rings. The summed E-state index contributed by atoms with van der Waals surface area (Å²) in [4.78, 5) is 39.9. The van der Waals surface area contributed by atoms with Gasteiger partial charge in [-0.25, -0.2) is 51.4 Å². The molecule has 1 heterocycles. The lowest BCUT2D eigenvalue weighted by atomic mass is 10.0. The first kappa shape index (κ1) is 115. The van der Waals surface area contributed by atoms with Crippen LogP contribution in [0.2, 0.25) is 0 Å². The molecule has 0 aromatic heterocycles. The molecule has 132 heavy (non-hydrogen) atoms. The molecule has 4 unspecified atom stereocenters. The second-order valence-electron chi connectivity index (χ2n) is 29.8. The number of ether oxygens (including phenoxy) is 1. The Morgan fingerprint density at radius 2 is 0.735 bits per heavy atom. The van der Waals surface area contributed by atoms with E-state index in [2.05, 4.69) is 61.8 Å². The Morgan fingerprint density at radius 3 is 1.08 bits per heavy atom. The van der Waals surface area contributed by atoms with Gasteiger partial charge in [0.1, 0.15) is 18.4 Å². The number of carbonyl (C=O) groups is 3. The highest BCUT2D eigenvalue weighted by Crippen LogP contribution is 2.53. The van der Waals surface area contributed by atoms with E-state index in [9.17, 15) is 65.6 Å². The van der Waals surface area contributed by atoms with Gasteiger partial charge in [0, 0.05) is 71.6 Å². The van der Waals surface area contributed by atoms with Crippen molar-refractivity contribution in [3.63, 3.8) is 0 Å². The van der Waals surface area contributed by atoms with E-state index in [1.165, 1.54) is 64.1 Å². The van der Waals surface area contributed by atoms with Crippen LogP contribution in [-0.2, 0) is 123 Å². The molecular weight excluding hydrogens is 1860 g/mol. The lowest BCUT2D eigenvalue weighted by Gasteiger charge is -2.29. The molecule has 1 saturated heterocycles. The Balaban J connectivity index is 0.000000343. The lowest BCUT2D eigenvalue weighted by molar-refractivity contribution is -0.404. The second-order valence-corrected chi connectivity index (χ2v) is 44.4. The number of aldehydes is 1. The van der Waals surface area contributed by atoms with Crippen LogP contribution in [0, 0.1) is 11.8 Å². The third-order valence-corrected chi connectivity index (χ3v) is 31.2. The van der Waals surface area contributed by atoms with Crippen LogP contribution in [0.15, 0.2) is 362 Å². The highest BCUT2D eigenvalue weighted by atomic mass is 35.7. The predicted octanol–water partition coefficient (Wildman–Crippen LogP) is 15.8. The van der Waals surface area contributed by atoms with Crippen molar-refractivity contribution in [1.29, 1.82) is 0 Å². The molecule has 1 aliphatic heterocycles. The summed E-state index contributed by atoms with van der Waals surface area (Å²) < 4.78 is 167. The lowest BCUT2D eigenvalue weighted by Crippen LogP contribution is -3.00. The van der Waals surface area contributed by atoms with Crippen LogP contribution in [0.4, 0.5) is 4.79 Å². The van der Waals surface area contributed by atoms with Gasteiger partial charge in [-0.15, -0.1) is 0 Å². The first-order chi connectivity index (χ1) is 62.5. The normalized spacial score (nSPS) is 13.4. The van der Waals surface area contributed by atoms with Crippen molar-refractivity contribution in [2.45, 2.75) is 142 Å². The Bertz CT molecular complexity index is 5590. The zero-order chi connectivity index (χ0) is 95.9. The van der Waals surface area contributed by atoms with Crippen molar-refractivity contribution in [1.82, 2.24) is 15.5 Å². The summed E-state index contributed by atoms with van der Waals surface area (Å²) in [5, 5.41) is 9.63. The van der Waals surface area contributed by atoms with E-state index in [1.54, 1.807) is 166 Å². The highest BCUT2D eigenvalue weighted by Gasteiger charge is 2.33. The number of sulfone groups is 5. The molecule has 5 atom stereocenters. The molecule has 33 heteroatoms. The number of amides is 3. The van der Waals surface area contributed by atoms with E-state index in [0.29, 0.717) is 73.5 Å². The van der Waals surface area contributed by atoms with Gasteiger partial charge in [-0.3, -0.25) is 18.4 Å². The largest absolute Gasteiger partial charge is 1.00 e. The van der Waals surface area contributed by atoms with Gasteiger partial charge in [0.25, 0.3) is 0 Å². The van der Waals surface area contributed by atoms with E-state index >= 15 is 0 Å². The Kier molecular flexibility index (Phi) is 53.9. The molecule has 0 aliphatic carbocycles. The Morgan fingerprint density at radius 1 is 0.424 bits per heavy atom. The molecule has 0 spiro atoms. The molecule has 11 rings (SSSR count). The molecule has 0 bridgehead atoms. The fourth-order valence-electron chi connectivity index (χ4n) is 12.0. The number of nitrogens with zero attached hydrogens (tertiary/aromatic N) is 1. The second kappa shape index (κ2) is 62.0. The maximum absolute atomic E-state index is 13.6. The third-order valence-electron chi connectivity index (χ3n) is 19.1. The Labute approximate surface area is 793 Å². The maximum Gasteiger partial charge on any atom is 0.424 e. The van der Waals surface area contributed by atoms with Crippen molar-refractivity contribution in [3.05, 3.63) is 366 Å². The average molecular weight is 1980 g/mol. The van der Waals surface area contributed by atoms with Gasteiger partial charge in [0.2, 0.25) is 5.91 Å². The standard InChI is InChI=1S/C31H35N3O5S.C18H20O2S.C17H19NO2S.C11H17O5PS.C11H14O.C7H8O2S.C4H10ClO3P.ClH/c35-30(29(24-26-12-6-2-7-13-26)33-31(36)34-19-21-39-22-20-34)32-27(17-16-25-10-4-1-5-11-25)18-23-40(37,38)28-14-8-3-9-15-28;1-16(12-13-17-8-4-2-5-9-17)14-15-21(19,20)18-10-6-3-7-11-18;18-16(12-11-15-7-3-1-4-8-15)13-14-21(19,20)17-9-5-2-6-10-17;1-3-15-17(12,16-4-2)10-18(13,14)11-8-6-5-7-9-11;1-10(9-12)7-8-11-5-3-2-4-6-11;1-10(8,9)7-5-3-2-4-6-7;1-3-7-9(5,6)8-4-2;/h1-15,18,23,27,29H,16-17,19-22,24H2,(H,32,35)(H,33,36);2-11,14-16H,12-13H2,1H3;1-10,13-14,16H,11-12,18H2;5-9H,3-4,10H2,1-2H3;2-6,9-10H,7-8H2,1H3;2-6H,1H3;3-4H2,1-2H3;1H/b23-18+;15-14+;14-13+;;;;;/t27?,29-;;;;;;;/m0......./s1. The van der Waals surface area contributed by atoms with Crippen molar-refractivity contribution in [3.8, 4) is 0 Å². The number of morpholine rings is 1. The number of carbonyl (C=O) groups excluding carboxylic acids is 3. The van der Waals surface area contributed by atoms with Gasteiger partial charge < -0.3 is 52.3 Å². The van der Waals surface area contributed by atoms with E-state index < -0.39 is 81.3 Å². The first-order valence-electron chi connectivity index (χ1n) is 42.9. The number of benzene rings is 10. The number of nitrogens with one attached hydrogen (secondary N) is 2. The summed E-state index contributed by atoms with van der Waals surface area (Å²) in [6, 6.07) is 89.4. The molecule has 1 aliphatic rings.